The number of nitrogens with zero attached hydrogens (tertiary/aromatic N) is 2. The minimum absolute atomic E-state index is 0.429. The zero-order valence-corrected chi connectivity index (χ0v) is 10.4. The number of nitrogens with one attached hydrogen (secondary N) is 1. The maximum absolute atomic E-state index is 13.0. The van der Waals surface area contributed by atoms with Gasteiger partial charge in [0.1, 0.15) is 11.6 Å². The molecule has 1 heterocycles. The Balaban J connectivity index is 2.11. The van der Waals surface area contributed by atoms with Crippen molar-refractivity contribution in [3.8, 4) is 0 Å². The minimum Gasteiger partial charge on any atom is -0.381 e. The molecule has 2 rings (SSSR count). The molecule has 0 aliphatic rings. The molecular formula is C13H15F2N3. The van der Waals surface area contributed by atoms with Crippen LogP contribution >= 0.6 is 0 Å². The summed E-state index contributed by atoms with van der Waals surface area (Å²) in [4.78, 5) is 0. The van der Waals surface area contributed by atoms with Crippen molar-refractivity contribution in [2.24, 2.45) is 7.05 Å². The van der Waals surface area contributed by atoms with Crippen molar-refractivity contribution in [3.05, 3.63) is 47.3 Å². The highest BCUT2D eigenvalue weighted by atomic mass is 19.1. The zero-order chi connectivity index (χ0) is 13.1. The third-order valence-corrected chi connectivity index (χ3v) is 2.67. The summed E-state index contributed by atoms with van der Waals surface area (Å²) < 4.78 is 27.8. The van der Waals surface area contributed by atoms with Crippen molar-refractivity contribution in [1.29, 1.82) is 0 Å². The summed E-state index contributed by atoms with van der Waals surface area (Å²) in [7, 11) is 1.85. The maximum atomic E-state index is 13.0. The van der Waals surface area contributed by atoms with Gasteiger partial charge in [-0.3, -0.25) is 4.68 Å². The number of halogens is 2. The molecule has 0 bridgehead atoms. The molecule has 0 aliphatic carbocycles. The number of aryl methyl sites for hydroxylation is 2. The molecule has 0 saturated heterocycles. The molecule has 0 radical (unpaired) electrons. The molecule has 0 saturated carbocycles. The average Bonchev–Trinajstić information content (AvgIpc) is 2.66. The maximum Gasteiger partial charge on any atom is 0.128 e. The number of benzene rings is 1. The highest BCUT2D eigenvalue weighted by molar-refractivity contribution is 5.44. The summed E-state index contributed by atoms with van der Waals surface area (Å²) in [6.45, 7) is 2.52. The molecule has 0 amide bonds. The summed E-state index contributed by atoms with van der Waals surface area (Å²) >= 11 is 0. The second-order valence-electron chi connectivity index (χ2n) is 4.14. The standard InChI is InChI=1S/C13H15F2N3/c1-3-13-9(8-18(2)17-13)7-16-12-5-10(14)4-11(15)6-12/h4-6,8,16H,3,7H2,1-2H3. The number of rotatable bonds is 4. The Bertz CT molecular complexity index is 529. The summed E-state index contributed by atoms with van der Waals surface area (Å²) in [6.07, 6.45) is 2.73. The van der Waals surface area contributed by atoms with E-state index in [1.807, 2.05) is 20.2 Å². The molecule has 0 atom stereocenters. The summed E-state index contributed by atoms with van der Waals surface area (Å²) in [5.74, 6) is -1.17. The first-order chi connectivity index (χ1) is 8.58. The van der Waals surface area contributed by atoms with Crippen LogP contribution in [0.2, 0.25) is 0 Å². The van der Waals surface area contributed by atoms with Crippen LogP contribution in [0.5, 0.6) is 0 Å². The van der Waals surface area contributed by atoms with Crippen LogP contribution in [0, 0.1) is 11.6 Å². The zero-order valence-electron chi connectivity index (χ0n) is 10.4. The van der Waals surface area contributed by atoms with E-state index in [-0.39, 0.29) is 0 Å². The van der Waals surface area contributed by atoms with Crippen LogP contribution in [-0.2, 0) is 20.0 Å². The van der Waals surface area contributed by atoms with Crippen molar-refractivity contribution < 1.29 is 8.78 Å². The van der Waals surface area contributed by atoms with Gasteiger partial charge in [-0.15, -0.1) is 0 Å². The fourth-order valence-electron chi connectivity index (χ4n) is 1.88. The van der Waals surface area contributed by atoms with Gasteiger partial charge < -0.3 is 5.32 Å². The lowest BCUT2D eigenvalue weighted by Crippen LogP contribution is -2.01. The Hall–Kier alpha value is -1.91. The second-order valence-corrected chi connectivity index (χ2v) is 4.14. The predicted octanol–water partition coefficient (Wildman–Crippen LogP) is 2.87. The molecule has 0 aliphatic heterocycles. The van der Waals surface area contributed by atoms with Crippen molar-refractivity contribution in [1.82, 2.24) is 9.78 Å². The van der Waals surface area contributed by atoms with Crippen LogP contribution in [0.25, 0.3) is 0 Å². The van der Waals surface area contributed by atoms with E-state index in [1.165, 1.54) is 12.1 Å². The fourth-order valence-corrected chi connectivity index (χ4v) is 1.88. The molecule has 1 aromatic carbocycles. The van der Waals surface area contributed by atoms with Gasteiger partial charge in [0, 0.05) is 37.1 Å². The smallest absolute Gasteiger partial charge is 0.128 e. The van der Waals surface area contributed by atoms with E-state index in [9.17, 15) is 8.78 Å². The number of hydrogen-bond donors (Lipinski definition) is 1. The van der Waals surface area contributed by atoms with Gasteiger partial charge in [0.15, 0.2) is 0 Å². The van der Waals surface area contributed by atoms with Crippen molar-refractivity contribution >= 4 is 5.69 Å². The van der Waals surface area contributed by atoms with Crippen LogP contribution in [0.15, 0.2) is 24.4 Å². The normalized spacial score (nSPS) is 10.7. The van der Waals surface area contributed by atoms with E-state index in [1.54, 1.807) is 4.68 Å². The quantitative estimate of drug-likeness (QED) is 0.905. The number of aromatic nitrogens is 2. The van der Waals surface area contributed by atoms with Crippen LogP contribution in [0.4, 0.5) is 14.5 Å². The number of hydrogen-bond acceptors (Lipinski definition) is 2. The van der Waals surface area contributed by atoms with E-state index in [0.29, 0.717) is 12.2 Å². The Labute approximate surface area is 104 Å². The molecule has 5 heteroatoms. The monoisotopic (exact) mass is 251 g/mol. The molecule has 96 valence electrons. The first kappa shape index (κ1) is 12.5. The lowest BCUT2D eigenvalue weighted by atomic mass is 10.2. The third kappa shape index (κ3) is 2.85. The molecule has 0 unspecified atom stereocenters. The van der Waals surface area contributed by atoms with E-state index < -0.39 is 11.6 Å². The molecule has 1 aromatic heterocycles. The number of anilines is 1. The largest absolute Gasteiger partial charge is 0.381 e. The van der Waals surface area contributed by atoms with Gasteiger partial charge in [0.25, 0.3) is 0 Å². The minimum atomic E-state index is -0.584. The molecule has 2 aromatic rings. The average molecular weight is 251 g/mol. The van der Waals surface area contributed by atoms with Gasteiger partial charge in [-0.25, -0.2) is 8.78 Å². The van der Waals surface area contributed by atoms with E-state index in [2.05, 4.69) is 10.4 Å². The molecule has 18 heavy (non-hydrogen) atoms. The van der Waals surface area contributed by atoms with Crippen LogP contribution in [0.1, 0.15) is 18.2 Å². The fraction of sp³-hybridized carbons (Fsp3) is 0.308. The van der Waals surface area contributed by atoms with Gasteiger partial charge in [-0.1, -0.05) is 6.92 Å². The molecule has 0 spiro atoms. The molecular weight excluding hydrogens is 236 g/mol. The van der Waals surface area contributed by atoms with Gasteiger partial charge in [0.2, 0.25) is 0 Å². The second kappa shape index (κ2) is 5.16. The Morgan fingerprint density at radius 2 is 1.89 bits per heavy atom. The highest BCUT2D eigenvalue weighted by Gasteiger charge is 2.06. The molecule has 1 N–H and O–H groups in total. The third-order valence-electron chi connectivity index (χ3n) is 2.67. The van der Waals surface area contributed by atoms with Gasteiger partial charge in [-0.2, -0.15) is 5.10 Å². The van der Waals surface area contributed by atoms with Crippen LogP contribution in [0.3, 0.4) is 0 Å². The van der Waals surface area contributed by atoms with Crippen molar-refractivity contribution in [2.75, 3.05) is 5.32 Å². The topological polar surface area (TPSA) is 29.9 Å². The van der Waals surface area contributed by atoms with Crippen LogP contribution in [-0.4, -0.2) is 9.78 Å². The SMILES string of the molecule is CCc1nn(C)cc1CNc1cc(F)cc(F)c1. The Kier molecular flexibility index (Phi) is 3.60. The lowest BCUT2D eigenvalue weighted by Gasteiger charge is -2.06. The van der Waals surface area contributed by atoms with E-state index in [0.717, 1.165) is 23.7 Å². The van der Waals surface area contributed by atoms with E-state index in [4.69, 9.17) is 0 Å². The van der Waals surface area contributed by atoms with Gasteiger partial charge in [-0.05, 0) is 18.6 Å². The summed E-state index contributed by atoms with van der Waals surface area (Å²) in [5, 5.41) is 7.30. The summed E-state index contributed by atoms with van der Waals surface area (Å²) in [6, 6.07) is 3.39. The van der Waals surface area contributed by atoms with Crippen LogP contribution < -0.4 is 5.32 Å². The van der Waals surface area contributed by atoms with Crippen molar-refractivity contribution in [3.63, 3.8) is 0 Å². The Morgan fingerprint density at radius 3 is 2.50 bits per heavy atom. The van der Waals surface area contributed by atoms with Gasteiger partial charge >= 0.3 is 0 Å². The Morgan fingerprint density at radius 1 is 1.22 bits per heavy atom. The van der Waals surface area contributed by atoms with Gasteiger partial charge in [0.05, 0.1) is 5.69 Å². The predicted molar refractivity (Wildman–Crippen MR) is 66.3 cm³/mol. The lowest BCUT2D eigenvalue weighted by molar-refractivity contribution is 0.584. The first-order valence-electron chi connectivity index (χ1n) is 5.80. The van der Waals surface area contributed by atoms with Crippen molar-refractivity contribution in [2.45, 2.75) is 19.9 Å². The molecule has 0 fully saturated rings. The van der Waals surface area contributed by atoms with E-state index >= 15 is 0 Å². The first-order valence-corrected chi connectivity index (χ1v) is 5.80. The summed E-state index contributed by atoms with van der Waals surface area (Å²) in [5.41, 5.74) is 2.45. The highest BCUT2D eigenvalue weighted by Crippen LogP contribution is 2.15. The molecule has 3 nitrogen and oxygen atoms in total.